The van der Waals surface area contributed by atoms with Crippen LogP contribution in [0.1, 0.15) is 32.3 Å². The number of hydrogen-bond acceptors (Lipinski definition) is 6. The molecule has 0 unspecified atom stereocenters. The van der Waals surface area contributed by atoms with E-state index in [0.717, 1.165) is 17.3 Å². The lowest BCUT2D eigenvalue weighted by molar-refractivity contribution is 0.546. The van der Waals surface area contributed by atoms with E-state index in [1.54, 1.807) is 12.3 Å². The van der Waals surface area contributed by atoms with Crippen LogP contribution in [0.4, 0.5) is 11.6 Å². The second kappa shape index (κ2) is 5.46. The molecule has 0 amide bonds. The first-order chi connectivity index (χ1) is 9.40. The summed E-state index contributed by atoms with van der Waals surface area (Å²) in [5.41, 5.74) is 3.51. The molecule has 0 spiro atoms. The Morgan fingerprint density at radius 1 is 1.25 bits per heavy atom. The van der Waals surface area contributed by atoms with Crippen LogP contribution in [0.3, 0.4) is 0 Å². The van der Waals surface area contributed by atoms with E-state index < -0.39 is 0 Å². The van der Waals surface area contributed by atoms with Crippen LogP contribution >= 0.6 is 0 Å². The number of nitrogens with one attached hydrogen (secondary N) is 2. The van der Waals surface area contributed by atoms with Gasteiger partial charge in [-0.15, -0.1) is 0 Å². The molecule has 0 bridgehead atoms. The summed E-state index contributed by atoms with van der Waals surface area (Å²) >= 11 is 0. The van der Waals surface area contributed by atoms with Gasteiger partial charge >= 0.3 is 0 Å². The van der Waals surface area contributed by atoms with Gasteiger partial charge < -0.3 is 10.7 Å². The number of nitrogens with zero attached hydrogens (tertiary/aromatic N) is 4. The minimum atomic E-state index is -0.143. The number of hydrogen-bond donors (Lipinski definition) is 3. The van der Waals surface area contributed by atoms with Crippen molar-refractivity contribution in [3.63, 3.8) is 0 Å². The number of nitrogen functional groups attached to an aromatic ring is 1. The maximum absolute atomic E-state index is 5.46. The fraction of sp³-hybridized carbons (Fsp3) is 0.462. The summed E-state index contributed by atoms with van der Waals surface area (Å²) in [6.07, 6.45) is 1.77. The Hall–Kier alpha value is -2.15. The van der Waals surface area contributed by atoms with Crippen LogP contribution in [0.5, 0.6) is 0 Å². The van der Waals surface area contributed by atoms with E-state index in [1.165, 1.54) is 0 Å². The second-order valence-corrected chi connectivity index (χ2v) is 5.66. The minimum Gasteiger partial charge on any atom is -0.364 e. The molecular formula is C13H21N7. The molecule has 108 valence electrons. The molecule has 0 saturated carbocycles. The summed E-state index contributed by atoms with van der Waals surface area (Å²) in [7, 11) is 1.91. The average molecular weight is 275 g/mol. The van der Waals surface area contributed by atoms with Crippen molar-refractivity contribution in [1.29, 1.82) is 0 Å². The highest BCUT2D eigenvalue weighted by molar-refractivity contribution is 5.47. The number of anilines is 2. The third kappa shape index (κ3) is 3.24. The van der Waals surface area contributed by atoms with Gasteiger partial charge in [-0.25, -0.2) is 15.8 Å². The fourth-order valence-electron chi connectivity index (χ4n) is 1.70. The van der Waals surface area contributed by atoms with E-state index in [9.17, 15) is 0 Å². The van der Waals surface area contributed by atoms with Crippen LogP contribution < -0.4 is 16.6 Å². The van der Waals surface area contributed by atoms with Gasteiger partial charge in [-0.3, -0.25) is 4.68 Å². The van der Waals surface area contributed by atoms with Crippen LogP contribution in [0.2, 0.25) is 0 Å². The van der Waals surface area contributed by atoms with Crippen molar-refractivity contribution in [3.05, 3.63) is 29.8 Å². The summed E-state index contributed by atoms with van der Waals surface area (Å²) in [6, 6.07) is 3.74. The molecule has 0 aliphatic heterocycles. The topological polar surface area (TPSA) is 93.7 Å². The first-order valence-electron chi connectivity index (χ1n) is 6.47. The van der Waals surface area contributed by atoms with Crippen LogP contribution in [-0.2, 0) is 19.0 Å². The quantitative estimate of drug-likeness (QED) is 0.577. The summed E-state index contributed by atoms with van der Waals surface area (Å²) in [4.78, 5) is 8.92. The fourth-order valence-corrected chi connectivity index (χ4v) is 1.70. The summed E-state index contributed by atoms with van der Waals surface area (Å²) in [5, 5.41) is 7.40. The highest BCUT2D eigenvalue weighted by Crippen LogP contribution is 2.22. The van der Waals surface area contributed by atoms with Crippen molar-refractivity contribution >= 4 is 11.6 Å². The second-order valence-electron chi connectivity index (χ2n) is 5.66. The standard InChI is InChI=1S/C13H21N7/c1-13(2,3)12-17-10(7-11(18-12)19-14)15-8-9-5-6-16-20(9)4/h5-7H,8,14H2,1-4H3,(H2,15,17,18,19). The SMILES string of the molecule is Cn1nccc1CNc1cc(NN)nc(C(C)(C)C)n1. The number of nitrogens with two attached hydrogens (primary N) is 1. The number of rotatable bonds is 4. The third-order valence-corrected chi connectivity index (χ3v) is 2.92. The lowest BCUT2D eigenvalue weighted by Crippen LogP contribution is -2.20. The molecule has 2 aromatic heterocycles. The van der Waals surface area contributed by atoms with Gasteiger partial charge in [-0.1, -0.05) is 20.8 Å². The maximum atomic E-state index is 5.46. The monoisotopic (exact) mass is 275 g/mol. The molecule has 2 rings (SSSR count). The Kier molecular flexibility index (Phi) is 3.89. The van der Waals surface area contributed by atoms with E-state index in [-0.39, 0.29) is 5.41 Å². The molecule has 7 nitrogen and oxygen atoms in total. The Morgan fingerprint density at radius 3 is 2.50 bits per heavy atom. The van der Waals surface area contributed by atoms with Gasteiger partial charge in [0.05, 0.1) is 12.2 Å². The van der Waals surface area contributed by atoms with Gasteiger partial charge in [0.15, 0.2) is 0 Å². The van der Waals surface area contributed by atoms with Crippen molar-refractivity contribution < 1.29 is 0 Å². The zero-order valence-corrected chi connectivity index (χ0v) is 12.3. The largest absolute Gasteiger partial charge is 0.364 e. The smallest absolute Gasteiger partial charge is 0.145 e. The van der Waals surface area contributed by atoms with Crippen LogP contribution in [0.15, 0.2) is 18.3 Å². The van der Waals surface area contributed by atoms with Gasteiger partial charge in [0, 0.05) is 24.7 Å². The van der Waals surface area contributed by atoms with Crippen molar-refractivity contribution in [2.24, 2.45) is 12.9 Å². The van der Waals surface area contributed by atoms with E-state index in [2.05, 4.69) is 46.6 Å². The van der Waals surface area contributed by atoms with Crippen LogP contribution in [0, 0.1) is 0 Å². The van der Waals surface area contributed by atoms with Gasteiger partial charge in [0.25, 0.3) is 0 Å². The molecule has 0 aliphatic carbocycles. The number of hydrazine groups is 1. The van der Waals surface area contributed by atoms with Crippen molar-refractivity contribution in [1.82, 2.24) is 19.7 Å². The zero-order valence-electron chi connectivity index (χ0n) is 12.3. The van der Waals surface area contributed by atoms with Gasteiger partial charge in [-0.05, 0) is 6.07 Å². The molecule has 0 aliphatic rings. The Bertz CT molecular complexity index is 583. The van der Waals surface area contributed by atoms with E-state index >= 15 is 0 Å². The Balaban J connectivity index is 2.21. The molecule has 2 aromatic rings. The molecule has 0 saturated heterocycles. The van der Waals surface area contributed by atoms with Crippen LogP contribution in [-0.4, -0.2) is 19.7 Å². The normalized spacial score (nSPS) is 11.4. The first kappa shape index (κ1) is 14.3. The molecular weight excluding hydrogens is 254 g/mol. The molecule has 7 heteroatoms. The minimum absolute atomic E-state index is 0.143. The maximum Gasteiger partial charge on any atom is 0.145 e. The van der Waals surface area contributed by atoms with Gasteiger partial charge in [0.1, 0.15) is 17.5 Å². The number of aryl methyl sites for hydroxylation is 1. The Morgan fingerprint density at radius 2 is 1.95 bits per heavy atom. The predicted octanol–water partition coefficient (Wildman–Crippen LogP) is 1.41. The number of aromatic nitrogens is 4. The molecule has 0 atom stereocenters. The van der Waals surface area contributed by atoms with Crippen molar-refractivity contribution in [3.8, 4) is 0 Å². The molecule has 2 heterocycles. The molecule has 0 radical (unpaired) electrons. The Labute approximate surface area is 118 Å². The summed E-state index contributed by atoms with van der Waals surface area (Å²) < 4.78 is 1.82. The lowest BCUT2D eigenvalue weighted by Gasteiger charge is -2.18. The lowest BCUT2D eigenvalue weighted by atomic mass is 9.96. The third-order valence-electron chi connectivity index (χ3n) is 2.92. The van der Waals surface area contributed by atoms with Crippen LogP contribution in [0.25, 0.3) is 0 Å². The van der Waals surface area contributed by atoms with Gasteiger partial charge in [0.2, 0.25) is 0 Å². The molecule has 4 N–H and O–H groups in total. The highest BCUT2D eigenvalue weighted by atomic mass is 15.3. The van der Waals surface area contributed by atoms with Gasteiger partial charge in [-0.2, -0.15) is 5.10 Å². The molecule has 0 fully saturated rings. The average Bonchev–Trinajstić information content (AvgIpc) is 2.80. The molecule has 0 aromatic carbocycles. The predicted molar refractivity (Wildman–Crippen MR) is 79.1 cm³/mol. The van der Waals surface area contributed by atoms with E-state index in [4.69, 9.17) is 5.84 Å². The van der Waals surface area contributed by atoms with E-state index in [0.29, 0.717) is 12.4 Å². The summed E-state index contributed by atoms with van der Waals surface area (Å²) in [6.45, 7) is 6.83. The zero-order chi connectivity index (χ0) is 14.8. The first-order valence-corrected chi connectivity index (χ1v) is 6.47. The van der Waals surface area contributed by atoms with Crippen molar-refractivity contribution in [2.75, 3.05) is 10.7 Å². The van der Waals surface area contributed by atoms with Crippen molar-refractivity contribution in [2.45, 2.75) is 32.7 Å². The van der Waals surface area contributed by atoms with E-state index in [1.807, 2.05) is 17.8 Å². The molecule has 20 heavy (non-hydrogen) atoms. The highest BCUT2D eigenvalue weighted by Gasteiger charge is 2.19. The summed E-state index contributed by atoms with van der Waals surface area (Å²) in [5.74, 6) is 7.53.